The van der Waals surface area contributed by atoms with Gasteiger partial charge in [0.2, 0.25) is 10.4 Å². The number of hydrogen-bond donors (Lipinski definition) is 1. The molecule has 0 saturated heterocycles. The molecule has 7 nitrogen and oxygen atoms in total. The number of carboxylic acids is 1. The standard InChI is InChI=1S/C2H4NO2.Fe.H2O4S/c3-1-2(4)5;;1-5(2,3)4/h3H,1H2,(H,4,5);;(H2,1,2,3,4)/q-1;+3;/p-2. The molecule has 0 aromatic carbocycles. The first-order valence-corrected chi connectivity index (χ1v) is 3.16. The molecule has 0 bridgehead atoms. The van der Waals surface area contributed by atoms with Crippen molar-refractivity contribution in [1.82, 2.24) is 0 Å². The zero-order valence-corrected chi connectivity index (χ0v) is 6.88. The summed E-state index contributed by atoms with van der Waals surface area (Å²) in [7, 11) is -4.92. The number of aliphatic carboxylic acids is 1. The van der Waals surface area contributed by atoms with Crippen LogP contribution in [0.2, 0.25) is 0 Å². The molecule has 0 aliphatic rings. The minimum Gasteiger partial charge on any atom is -0.726 e. The van der Waals surface area contributed by atoms with Crippen LogP contribution in [0, 0.1) is 0 Å². The average molecular weight is 226 g/mol. The maximum Gasteiger partial charge on any atom is 3.00 e. The smallest absolute Gasteiger partial charge is 0.726 e. The SMILES string of the molecule is O=S(=O)([O-])O.[Fe+3].[NH-]CC(=O)[O-]. The summed E-state index contributed by atoms with van der Waals surface area (Å²) in [5.41, 5.74) is 6.00. The van der Waals surface area contributed by atoms with E-state index < -0.39 is 22.9 Å². The Bertz CT molecular complexity index is 179. The van der Waals surface area contributed by atoms with Crippen LogP contribution < -0.4 is 5.11 Å². The van der Waals surface area contributed by atoms with Gasteiger partial charge in [0.05, 0.1) is 0 Å². The molecule has 1 radical (unpaired) electrons. The van der Waals surface area contributed by atoms with Crippen LogP contribution in [0.1, 0.15) is 0 Å². The second-order valence-corrected chi connectivity index (χ2v) is 1.83. The van der Waals surface area contributed by atoms with Crippen LogP contribution in [0.5, 0.6) is 0 Å². The summed E-state index contributed by atoms with van der Waals surface area (Å²) in [6.45, 7) is -0.639. The Hall–Kier alpha value is -0.181. The summed E-state index contributed by atoms with van der Waals surface area (Å²) in [6.07, 6.45) is 0. The van der Waals surface area contributed by atoms with Gasteiger partial charge in [-0.1, -0.05) is 0 Å². The summed E-state index contributed by atoms with van der Waals surface area (Å²) in [5, 5.41) is 9.07. The van der Waals surface area contributed by atoms with E-state index in [4.69, 9.17) is 33.2 Å². The molecule has 67 valence electrons. The fourth-order valence-corrected chi connectivity index (χ4v) is 0. The first-order chi connectivity index (χ1) is 4.27. The van der Waals surface area contributed by atoms with E-state index >= 15 is 0 Å². The molecular formula is C2H4FeNO6S. The monoisotopic (exact) mass is 226 g/mol. The molecule has 0 spiro atoms. The molecule has 0 aromatic rings. The van der Waals surface area contributed by atoms with Crippen LogP contribution in [0.3, 0.4) is 0 Å². The summed E-state index contributed by atoms with van der Waals surface area (Å²) in [5.74, 6) is -1.33. The predicted molar refractivity (Wildman–Crippen MR) is 26.5 cm³/mol. The van der Waals surface area contributed by atoms with Gasteiger partial charge in [0.15, 0.2) is 0 Å². The Balaban J connectivity index is -0.000000107. The van der Waals surface area contributed by atoms with Crippen LogP contribution in [0.4, 0.5) is 0 Å². The number of carbonyl (C=O) groups excluding carboxylic acids is 1. The Morgan fingerprint density at radius 1 is 1.55 bits per heavy atom. The van der Waals surface area contributed by atoms with E-state index in [9.17, 15) is 0 Å². The third-order valence-corrected chi connectivity index (χ3v) is 0.144. The van der Waals surface area contributed by atoms with Gasteiger partial charge in [-0.05, 0) is 0 Å². The number of rotatable bonds is 1. The topological polar surface area (TPSA) is 141 Å². The zero-order valence-electron chi connectivity index (χ0n) is 4.96. The van der Waals surface area contributed by atoms with Crippen molar-refractivity contribution in [2.24, 2.45) is 0 Å². The van der Waals surface area contributed by atoms with Crippen LogP contribution in [0.15, 0.2) is 0 Å². The van der Waals surface area contributed by atoms with Crippen molar-refractivity contribution in [3.8, 4) is 0 Å². The van der Waals surface area contributed by atoms with Gasteiger partial charge in [0.1, 0.15) is 0 Å². The molecule has 0 amide bonds. The Labute approximate surface area is 73.6 Å². The normalized spacial score (nSPS) is 8.64. The van der Waals surface area contributed by atoms with Gasteiger partial charge in [-0.25, -0.2) is 8.42 Å². The number of nitrogens with one attached hydrogen (secondary N) is 1. The van der Waals surface area contributed by atoms with Crippen LogP contribution in [0.25, 0.3) is 5.73 Å². The fraction of sp³-hybridized carbons (Fsp3) is 0.500. The van der Waals surface area contributed by atoms with Gasteiger partial charge in [-0.15, -0.1) is 6.54 Å². The number of carboxylic acid groups (broad SMARTS) is 1. The molecule has 11 heavy (non-hydrogen) atoms. The van der Waals surface area contributed by atoms with E-state index in [1.165, 1.54) is 0 Å². The van der Waals surface area contributed by atoms with E-state index in [0.29, 0.717) is 0 Å². The van der Waals surface area contributed by atoms with Gasteiger partial charge in [0.25, 0.3) is 0 Å². The molecule has 0 rings (SSSR count). The van der Waals surface area contributed by atoms with Crippen molar-refractivity contribution in [3.63, 3.8) is 0 Å². The van der Waals surface area contributed by atoms with E-state index in [-0.39, 0.29) is 17.1 Å². The van der Waals surface area contributed by atoms with E-state index in [1.54, 1.807) is 0 Å². The maximum absolute atomic E-state index is 9.07. The van der Waals surface area contributed by atoms with Gasteiger partial charge >= 0.3 is 17.1 Å². The number of hydrogen-bond acceptors (Lipinski definition) is 5. The average Bonchev–Trinajstić information content (AvgIpc) is 1.61. The molecule has 0 aliphatic heterocycles. The number of carbonyl (C=O) groups is 1. The van der Waals surface area contributed by atoms with Crippen molar-refractivity contribution in [1.29, 1.82) is 0 Å². The third-order valence-electron chi connectivity index (χ3n) is 0.144. The molecule has 0 heterocycles. The van der Waals surface area contributed by atoms with Crippen molar-refractivity contribution < 1.29 is 44.5 Å². The second-order valence-electron chi connectivity index (χ2n) is 0.977. The Kier molecular flexibility index (Phi) is 12.3. The van der Waals surface area contributed by atoms with Crippen molar-refractivity contribution in [3.05, 3.63) is 5.73 Å². The van der Waals surface area contributed by atoms with Gasteiger partial charge in [0, 0.05) is 5.97 Å². The first-order valence-electron chi connectivity index (χ1n) is 1.80. The third kappa shape index (κ3) is 181. The largest absolute Gasteiger partial charge is 3.00 e. The minimum absolute atomic E-state index is 0. The molecule has 0 aromatic heterocycles. The fourth-order valence-electron chi connectivity index (χ4n) is 0. The summed E-state index contributed by atoms with van der Waals surface area (Å²) in [4.78, 5) is 9.07. The summed E-state index contributed by atoms with van der Waals surface area (Å²) in [6, 6.07) is 0. The first kappa shape index (κ1) is 17.1. The van der Waals surface area contributed by atoms with E-state index in [1.807, 2.05) is 0 Å². The molecular weight excluding hydrogens is 222 g/mol. The Morgan fingerprint density at radius 3 is 1.64 bits per heavy atom. The Morgan fingerprint density at radius 2 is 1.64 bits per heavy atom. The molecule has 2 N–H and O–H groups in total. The van der Waals surface area contributed by atoms with Crippen LogP contribution in [-0.2, 0) is 32.3 Å². The van der Waals surface area contributed by atoms with Gasteiger partial charge in [-0.3, -0.25) is 4.55 Å². The van der Waals surface area contributed by atoms with E-state index in [2.05, 4.69) is 0 Å². The van der Waals surface area contributed by atoms with Crippen LogP contribution in [-0.4, -0.2) is 30.0 Å². The molecule has 0 saturated carbocycles. The van der Waals surface area contributed by atoms with E-state index in [0.717, 1.165) is 0 Å². The van der Waals surface area contributed by atoms with Crippen molar-refractivity contribution in [2.45, 2.75) is 0 Å². The minimum atomic E-state index is -4.92. The van der Waals surface area contributed by atoms with Crippen LogP contribution >= 0.6 is 0 Å². The predicted octanol–water partition coefficient (Wildman–Crippen LogP) is -2.21. The van der Waals surface area contributed by atoms with Gasteiger partial charge < -0.3 is 20.2 Å². The second kappa shape index (κ2) is 7.92. The summed E-state index contributed by atoms with van der Waals surface area (Å²) < 4.78 is 32.8. The molecule has 0 fully saturated rings. The molecule has 0 atom stereocenters. The van der Waals surface area contributed by atoms with Gasteiger partial charge in [-0.2, -0.15) is 0 Å². The zero-order chi connectivity index (χ0) is 8.78. The van der Waals surface area contributed by atoms with Crippen molar-refractivity contribution >= 4 is 16.4 Å². The maximum atomic E-state index is 9.07. The molecule has 0 aliphatic carbocycles. The quantitative estimate of drug-likeness (QED) is 0.305. The molecule has 0 unspecified atom stereocenters. The van der Waals surface area contributed by atoms with Crippen molar-refractivity contribution in [2.75, 3.05) is 6.54 Å². The molecule has 9 heteroatoms. The summed E-state index contributed by atoms with van der Waals surface area (Å²) >= 11 is 0.